The highest BCUT2D eigenvalue weighted by atomic mass is 19.1. The van der Waals surface area contributed by atoms with Gasteiger partial charge >= 0.3 is 0 Å². The number of aromatic amines is 1. The van der Waals surface area contributed by atoms with Crippen molar-refractivity contribution >= 4 is 5.91 Å². The van der Waals surface area contributed by atoms with Gasteiger partial charge in [-0.15, -0.1) is 0 Å². The molecule has 0 aromatic carbocycles. The molecule has 6 nitrogen and oxygen atoms in total. The Morgan fingerprint density at radius 3 is 2.95 bits per heavy atom. The van der Waals surface area contributed by atoms with Gasteiger partial charge in [0, 0.05) is 6.61 Å². The normalized spacial score (nSPS) is 27.3. The minimum Gasteiger partial charge on any atom is -0.368 e. The zero-order valence-electron chi connectivity index (χ0n) is 11.2. The summed E-state index contributed by atoms with van der Waals surface area (Å²) in [7, 11) is 0. The van der Waals surface area contributed by atoms with E-state index in [2.05, 4.69) is 20.5 Å². The lowest BCUT2D eigenvalue weighted by molar-refractivity contribution is -0.120. The van der Waals surface area contributed by atoms with Crippen LogP contribution >= 0.6 is 0 Å². The van der Waals surface area contributed by atoms with Gasteiger partial charge in [-0.2, -0.15) is 5.10 Å². The maximum atomic E-state index is 14.0. The van der Waals surface area contributed by atoms with Crippen LogP contribution in [0.3, 0.4) is 0 Å². The highest BCUT2D eigenvalue weighted by Crippen LogP contribution is 2.38. The van der Waals surface area contributed by atoms with Crippen LogP contribution in [0.4, 0.5) is 4.39 Å². The molecule has 0 radical (unpaired) electrons. The lowest BCUT2D eigenvalue weighted by Gasteiger charge is -2.17. The van der Waals surface area contributed by atoms with Gasteiger partial charge in [0.25, 0.3) is 5.91 Å². The first-order valence-electron chi connectivity index (χ1n) is 6.81. The van der Waals surface area contributed by atoms with E-state index in [0.29, 0.717) is 24.4 Å². The lowest BCUT2D eigenvalue weighted by Crippen LogP contribution is -2.37. The predicted octanol–water partition coefficient (Wildman–Crippen LogP) is 1.40. The molecular formula is C13H17FN4O2. The van der Waals surface area contributed by atoms with Gasteiger partial charge in [0.1, 0.15) is 12.4 Å². The number of amides is 1. The number of hydrogen-bond donors (Lipinski definition) is 2. The number of aromatic nitrogens is 3. The summed E-state index contributed by atoms with van der Waals surface area (Å²) in [6.07, 6.45) is 3.57. The number of carbonyl (C=O) groups excluding carboxylic acids is 1. The summed E-state index contributed by atoms with van der Waals surface area (Å²) in [5.74, 6) is -0.521. The number of allylic oxidation sites excluding steroid dienone is 1. The Morgan fingerprint density at radius 1 is 1.50 bits per heavy atom. The van der Waals surface area contributed by atoms with Crippen LogP contribution in [0.15, 0.2) is 17.7 Å². The van der Waals surface area contributed by atoms with Crippen LogP contribution in [0, 0.1) is 5.92 Å². The molecule has 0 bridgehead atoms. The van der Waals surface area contributed by atoms with Gasteiger partial charge in [-0.25, -0.2) is 9.37 Å². The molecule has 2 heterocycles. The Balaban J connectivity index is 1.67. The maximum Gasteiger partial charge on any atom is 0.280 e. The van der Waals surface area contributed by atoms with E-state index < -0.39 is 17.8 Å². The lowest BCUT2D eigenvalue weighted by atomic mass is 10.1. The third kappa shape index (κ3) is 2.58. The zero-order chi connectivity index (χ0) is 14.1. The van der Waals surface area contributed by atoms with E-state index in [1.54, 1.807) is 6.92 Å². The molecule has 1 saturated heterocycles. The third-order valence-corrected chi connectivity index (χ3v) is 3.85. The first kappa shape index (κ1) is 13.2. The summed E-state index contributed by atoms with van der Waals surface area (Å²) >= 11 is 0. The van der Waals surface area contributed by atoms with Crippen LogP contribution in [0.2, 0.25) is 0 Å². The molecule has 2 N–H and O–H groups in total. The molecule has 1 amide bonds. The molecule has 2 atom stereocenters. The highest BCUT2D eigenvalue weighted by molar-refractivity contribution is 5.92. The predicted molar refractivity (Wildman–Crippen MR) is 68.2 cm³/mol. The molecule has 20 heavy (non-hydrogen) atoms. The van der Waals surface area contributed by atoms with E-state index in [9.17, 15) is 9.18 Å². The second-order valence-electron chi connectivity index (χ2n) is 5.30. The Bertz CT molecular complexity index is 524. The molecule has 3 rings (SSSR count). The van der Waals surface area contributed by atoms with Crippen molar-refractivity contribution in [3.8, 4) is 0 Å². The number of hydrogen-bond acceptors (Lipinski definition) is 4. The van der Waals surface area contributed by atoms with Crippen molar-refractivity contribution in [2.24, 2.45) is 5.92 Å². The van der Waals surface area contributed by atoms with Gasteiger partial charge in [-0.3, -0.25) is 9.89 Å². The van der Waals surface area contributed by atoms with Crippen molar-refractivity contribution in [1.29, 1.82) is 0 Å². The minimum absolute atomic E-state index is 0.241. The molecule has 108 valence electrons. The van der Waals surface area contributed by atoms with Crippen LogP contribution in [-0.4, -0.2) is 33.7 Å². The van der Waals surface area contributed by atoms with E-state index in [4.69, 9.17) is 4.74 Å². The van der Waals surface area contributed by atoms with Crippen LogP contribution in [-0.2, 0) is 9.53 Å². The summed E-state index contributed by atoms with van der Waals surface area (Å²) in [4.78, 5) is 16.0. The molecule has 2 aliphatic rings. The molecule has 1 aliphatic carbocycles. The average Bonchev–Trinajstić information content (AvgIpc) is 2.96. The molecule has 7 heteroatoms. The van der Waals surface area contributed by atoms with Gasteiger partial charge < -0.3 is 10.1 Å². The number of ether oxygens (including phenoxy) is 1. The van der Waals surface area contributed by atoms with Gasteiger partial charge in [0.2, 0.25) is 0 Å². The van der Waals surface area contributed by atoms with Crippen LogP contribution in [0.25, 0.3) is 0 Å². The zero-order valence-corrected chi connectivity index (χ0v) is 11.2. The molecule has 0 spiro atoms. The van der Waals surface area contributed by atoms with E-state index in [0.717, 1.165) is 12.8 Å². The summed E-state index contributed by atoms with van der Waals surface area (Å²) in [5, 5.41) is 9.18. The standard InChI is InChI=1S/C13H17FN4O2/c1-7(8-2-3-8)10(14)13(19)17-9-4-5-20-11(9)12-15-6-16-18-12/h6,8-9,11H,2-5H2,1H3,(H,17,19)(H,15,16,18)/b10-7-/t9-,11+/m1/s1. The Morgan fingerprint density at radius 2 is 2.30 bits per heavy atom. The van der Waals surface area contributed by atoms with Crippen molar-refractivity contribution in [3.63, 3.8) is 0 Å². The SMILES string of the molecule is C/C(=C(/F)C(=O)N[C@@H]1CCO[C@@H]1c1ncn[nH]1)C1CC1. The first-order chi connectivity index (χ1) is 9.66. The molecule has 1 saturated carbocycles. The first-order valence-corrected chi connectivity index (χ1v) is 6.81. The fraction of sp³-hybridized carbons (Fsp3) is 0.615. The second-order valence-corrected chi connectivity index (χ2v) is 5.30. The average molecular weight is 280 g/mol. The van der Waals surface area contributed by atoms with Gasteiger partial charge in [-0.05, 0) is 37.7 Å². The number of nitrogens with zero attached hydrogens (tertiary/aromatic N) is 2. The molecule has 1 aliphatic heterocycles. The van der Waals surface area contributed by atoms with Crippen LogP contribution < -0.4 is 5.32 Å². The van der Waals surface area contributed by atoms with Gasteiger partial charge in [-0.1, -0.05) is 0 Å². The Hall–Kier alpha value is -1.76. The van der Waals surface area contributed by atoms with E-state index in [-0.39, 0.29) is 12.0 Å². The summed E-state index contributed by atoms with van der Waals surface area (Å²) in [6, 6.07) is -0.284. The topological polar surface area (TPSA) is 79.9 Å². The highest BCUT2D eigenvalue weighted by Gasteiger charge is 2.35. The second kappa shape index (κ2) is 5.32. The van der Waals surface area contributed by atoms with Crippen molar-refractivity contribution < 1.29 is 13.9 Å². The number of H-pyrrole nitrogens is 1. The van der Waals surface area contributed by atoms with Crippen LogP contribution in [0.5, 0.6) is 0 Å². The van der Waals surface area contributed by atoms with Crippen molar-refractivity contribution in [2.75, 3.05) is 6.61 Å². The fourth-order valence-electron chi connectivity index (χ4n) is 2.47. The number of rotatable bonds is 4. The maximum absolute atomic E-state index is 14.0. The van der Waals surface area contributed by atoms with E-state index >= 15 is 0 Å². The quantitative estimate of drug-likeness (QED) is 0.817. The fourth-order valence-corrected chi connectivity index (χ4v) is 2.47. The van der Waals surface area contributed by atoms with E-state index in [1.807, 2.05) is 0 Å². The molecular weight excluding hydrogens is 263 g/mol. The number of nitrogens with one attached hydrogen (secondary N) is 2. The van der Waals surface area contributed by atoms with E-state index in [1.165, 1.54) is 6.33 Å². The molecule has 0 unspecified atom stereocenters. The third-order valence-electron chi connectivity index (χ3n) is 3.85. The Kier molecular flexibility index (Phi) is 3.52. The monoisotopic (exact) mass is 280 g/mol. The summed E-state index contributed by atoms with van der Waals surface area (Å²) in [6.45, 7) is 2.19. The number of halogens is 1. The Labute approximate surface area is 115 Å². The van der Waals surface area contributed by atoms with Crippen LogP contribution in [0.1, 0.15) is 38.1 Å². The van der Waals surface area contributed by atoms with Crippen molar-refractivity contribution in [3.05, 3.63) is 23.6 Å². The van der Waals surface area contributed by atoms with Crippen molar-refractivity contribution in [1.82, 2.24) is 20.5 Å². The van der Waals surface area contributed by atoms with Crippen molar-refractivity contribution in [2.45, 2.75) is 38.3 Å². The molecule has 1 aromatic rings. The summed E-state index contributed by atoms with van der Waals surface area (Å²) < 4.78 is 19.5. The number of carbonyl (C=O) groups is 1. The summed E-state index contributed by atoms with van der Waals surface area (Å²) in [5.41, 5.74) is 0.553. The van der Waals surface area contributed by atoms with Gasteiger partial charge in [0.05, 0.1) is 6.04 Å². The molecule has 1 aromatic heterocycles. The smallest absolute Gasteiger partial charge is 0.280 e. The van der Waals surface area contributed by atoms with Gasteiger partial charge in [0.15, 0.2) is 11.7 Å². The minimum atomic E-state index is -0.658. The molecule has 2 fully saturated rings. The largest absolute Gasteiger partial charge is 0.368 e.